The number of nitrogens with one attached hydrogen (secondary N) is 1. The van der Waals surface area contributed by atoms with Crippen LogP contribution in [0.25, 0.3) is 5.69 Å². The molecule has 0 saturated carbocycles. The Morgan fingerprint density at radius 1 is 1.26 bits per heavy atom. The Kier molecular flexibility index (Phi) is 4.60. The molecule has 0 bridgehead atoms. The summed E-state index contributed by atoms with van der Waals surface area (Å²) in [6.45, 7) is 7.37. The maximum atomic E-state index is 6.42. The van der Waals surface area contributed by atoms with Crippen molar-refractivity contribution in [3.63, 3.8) is 0 Å². The van der Waals surface area contributed by atoms with E-state index in [2.05, 4.69) is 53.2 Å². The summed E-state index contributed by atoms with van der Waals surface area (Å²) in [6, 6.07) is 10.6. The van der Waals surface area contributed by atoms with Gasteiger partial charge in [0.05, 0.1) is 17.6 Å². The summed E-state index contributed by atoms with van der Waals surface area (Å²) < 4.78 is 3.82. The molecular weight excluding hydrogens is 358 g/mol. The predicted molar refractivity (Wildman–Crippen MR) is 108 cm³/mol. The zero-order valence-electron chi connectivity index (χ0n) is 16.3. The molecule has 0 spiro atoms. The van der Waals surface area contributed by atoms with Crippen molar-refractivity contribution in [1.29, 1.82) is 0 Å². The van der Waals surface area contributed by atoms with E-state index in [9.17, 15) is 0 Å². The molecule has 0 fully saturated rings. The first-order valence-electron chi connectivity index (χ1n) is 9.39. The van der Waals surface area contributed by atoms with Crippen LogP contribution in [-0.2, 0) is 20.0 Å². The molecule has 1 aliphatic carbocycles. The molecule has 0 saturated heterocycles. The number of fused-ring (bicyclic) bond motifs is 1. The zero-order chi connectivity index (χ0) is 19.2. The second-order valence-corrected chi connectivity index (χ2v) is 8.61. The van der Waals surface area contributed by atoms with Crippen LogP contribution in [0.3, 0.4) is 0 Å². The quantitative estimate of drug-likeness (QED) is 0.727. The van der Waals surface area contributed by atoms with Crippen LogP contribution in [0, 0.1) is 12.3 Å². The summed E-state index contributed by atoms with van der Waals surface area (Å²) in [4.78, 5) is 0. The fourth-order valence-electron chi connectivity index (χ4n) is 4.12. The highest BCUT2D eigenvalue weighted by Gasteiger charge is 2.35. The summed E-state index contributed by atoms with van der Waals surface area (Å²) in [5.41, 5.74) is 5.94. The molecule has 1 atom stereocenters. The highest BCUT2D eigenvalue weighted by Crippen LogP contribution is 2.41. The summed E-state index contributed by atoms with van der Waals surface area (Å²) >= 11 is 6.42. The normalized spacial score (nSPS) is 18.5. The minimum Gasteiger partial charge on any atom is -0.306 e. The first-order chi connectivity index (χ1) is 12.9. The Balaban J connectivity index is 1.65. The van der Waals surface area contributed by atoms with Crippen LogP contribution < -0.4 is 5.32 Å². The number of benzene rings is 1. The first kappa shape index (κ1) is 18.3. The topological polar surface area (TPSA) is 47.7 Å². The maximum absolute atomic E-state index is 6.42. The van der Waals surface area contributed by atoms with E-state index in [4.69, 9.17) is 16.7 Å². The van der Waals surface area contributed by atoms with Gasteiger partial charge in [0.25, 0.3) is 0 Å². The van der Waals surface area contributed by atoms with Crippen LogP contribution >= 0.6 is 11.6 Å². The van der Waals surface area contributed by atoms with Gasteiger partial charge in [-0.1, -0.05) is 43.6 Å². The molecule has 3 aromatic rings. The van der Waals surface area contributed by atoms with Gasteiger partial charge < -0.3 is 5.32 Å². The Morgan fingerprint density at radius 2 is 2.00 bits per heavy atom. The van der Waals surface area contributed by atoms with Crippen LogP contribution in [0.5, 0.6) is 0 Å². The molecule has 27 heavy (non-hydrogen) atoms. The highest BCUT2D eigenvalue weighted by molar-refractivity contribution is 6.30. The summed E-state index contributed by atoms with van der Waals surface area (Å²) in [7, 11) is 1.88. The second-order valence-electron chi connectivity index (χ2n) is 8.25. The molecule has 2 aromatic heterocycles. The van der Waals surface area contributed by atoms with E-state index in [0.717, 1.165) is 29.8 Å². The molecule has 1 aliphatic rings. The Labute approximate surface area is 165 Å². The Morgan fingerprint density at radius 3 is 2.67 bits per heavy atom. The standard InChI is InChI=1S/C21H26ClN5/c1-14-16(20(22)26(4)25-14)12-23-18-10-21(2,3)11-19-17(18)13-24-27(19)15-8-6-5-7-9-15/h5-9,13,18,23H,10-12H2,1-4H3/t18-/m1/s1. The van der Waals surface area contributed by atoms with Crippen molar-refractivity contribution in [1.82, 2.24) is 24.9 Å². The third-order valence-electron chi connectivity index (χ3n) is 5.48. The van der Waals surface area contributed by atoms with Gasteiger partial charge >= 0.3 is 0 Å². The largest absolute Gasteiger partial charge is 0.306 e. The van der Waals surface area contributed by atoms with Crippen LogP contribution in [0.4, 0.5) is 0 Å². The van der Waals surface area contributed by atoms with Crippen molar-refractivity contribution < 1.29 is 0 Å². The van der Waals surface area contributed by atoms with Gasteiger partial charge in [0, 0.05) is 36.5 Å². The van der Waals surface area contributed by atoms with E-state index in [1.807, 2.05) is 26.2 Å². The third kappa shape index (κ3) is 3.42. The van der Waals surface area contributed by atoms with Gasteiger partial charge in [0.15, 0.2) is 0 Å². The number of hydrogen-bond donors (Lipinski definition) is 1. The third-order valence-corrected chi connectivity index (χ3v) is 5.95. The van der Waals surface area contributed by atoms with E-state index in [1.54, 1.807) is 4.68 Å². The molecule has 5 nitrogen and oxygen atoms in total. The molecule has 0 unspecified atom stereocenters. The molecule has 0 amide bonds. The molecule has 142 valence electrons. The number of aromatic nitrogens is 4. The fraction of sp³-hybridized carbons (Fsp3) is 0.429. The van der Waals surface area contributed by atoms with Crippen LogP contribution in [-0.4, -0.2) is 19.6 Å². The van der Waals surface area contributed by atoms with Gasteiger partial charge in [-0.25, -0.2) is 4.68 Å². The van der Waals surface area contributed by atoms with Crippen LogP contribution in [0.2, 0.25) is 5.15 Å². The van der Waals surface area contributed by atoms with Crippen molar-refractivity contribution >= 4 is 11.6 Å². The van der Waals surface area contributed by atoms with Crippen molar-refractivity contribution in [2.45, 2.75) is 46.2 Å². The number of halogens is 1. The van der Waals surface area contributed by atoms with Gasteiger partial charge in [-0.3, -0.25) is 4.68 Å². The summed E-state index contributed by atoms with van der Waals surface area (Å²) in [5.74, 6) is 0. The minimum absolute atomic E-state index is 0.199. The smallest absolute Gasteiger partial charge is 0.131 e. The lowest BCUT2D eigenvalue weighted by atomic mass is 9.74. The fourth-order valence-corrected chi connectivity index (χ4v) is 4.36. The molecule has 1 aromatic carbocycles. The van der Waals surface area contributed by atoms with E-state index >= 15 is 0 Å². The molecule has 0 radical (unpaired) electrons. The van der Waals surface area contributed by atoms with Gasteiger partial charge in [-0.05, 0) is 37.3 Å². The van der Waals surface area contributed by atoms with E-state index in [1.165, 1.54) is 11.3 Å². The molecule has 2 heterocycles. The molecule has 6 heteroatoms. The van der Waals surface area contributed by atoms with E-state index < -0.39 is 0 Å². The molecular formula is C21H26ClN5. The number of nitrogens with zero attached hydrogens (tertiary/aromatic N) is 4. The zero-order valence-corrected chi connectivity index (χ0v) is 17.1. The van der Waals surface area contributed by atoms with Crippen molar-refractivity contribution in [3.8, 4) is 5.69 Å². The second kappa shape index (κ2) is 6.80. The maximum Gasteiger partial charge on any atom is 0.131 e. The number of rotatable bonds is 4. The average molecular weight is 384 g/mol. The Hall–Kier alpha value is -2.11. The van der Waals surface area contributed by atoms with Crippen molar-refractivity contribution in [2.75, 3.05) is 0 Å². The molecule has 4 rings (SSSR count). The lowest BCUT2D eigenvalue weighted by Crippen LogP contribution is -2.33. The van der Waals surface area contributed by atoms with Crippen molar-refractivity contribution in [2.24, 2.45) is 12.5 Å². The predicted octanol–water partition coefficient (Wildman–Crippen LogP) is 4.37. The number of aryl methyl sites for hydroxylation is 2. The Bertz CT molecular complexity index is 955. The van der Waals surface area contributed by atoms with Crippen LogP contribution in [0.15, 0.2) is 36.5 Å². The molecule has 0 aliphatic heterocycles. The number of hydrogen-bond acceptors (Lipinski definition) is 3. The lowest BCUT2D eigenvalue weighted by Gasteiger charge is -2.36. The first-order valence-corrected chi connectivity index (χ1v) is 9.77. The summed E-state index contributed by atoms with van der Waals surface area (Å²) in [6.07, 6.45) is 4.10. The monoisotopic (exact) mass is 383 g/mol. The number of para-hydroxylation sites is 1. The lowest BCUT2D eigenvalue weighted by molar-refractivity contribution is 0.252. The van der Waals surface area contributed by atoms with E-state index in [0.29, 0.717) is 11.7 Å². The van der Waals surface area contributed by atoms with E-state index in [-0.39, 0.29) is 11.5 Å². The van der Waals surface area contributed by atoms with Gasteiger partial charge in [0.1, 0.15) is 5.15 Å². The average Bonchev–Trinajstić information content (AvgIpc) is 3.14. The SMILES string of the molecule is Cc1nn(C)c(Cl)c1CN[C@@H]1CC(C)(C)Cc2c1cnn2-c1ccccc1. The van der Waals surface area contributed by atoms with Crippen molar-refractivity contribution in [3.05, 3.63) is 64.2 Å². The highest BCUT2D eigenvalue weighted by atomic mass is 35.5. The minimum atomic E-state index is 0.199. The van der Waals surface area contributed by atoms with Gasteiger partial charge in [-0.2, -0.15) is 10.2 Å². The van der Waals surface area contributed by atoms with Gasteiger partial charge in [0.2, 0.25) is 0 Å². The molecule has 1 N–H and O–H groups in total. The summed E-state index contributed by atoms with van der Waals surface area (Å²) in [5, 5.41) is 13.6. The van der Waals surface area contributed by atoms with Gasteiger partial charge in [-0.15, -0.1) is 0 Å². The van der Waals surface area contributed by atoms with Crippen LogP contribution in [0.1, 0.15) is 48.8 Å².